The molecule has 27 heavy (non-hydrogen) atoms. The van der Waals surface area contributed by atoms with Gasteiger partial charge < -0.3 is 10.1 Å². The number of nitrogens with one attached hydrogen (secondary N) is 1. The third-order valence-electron chi connectivity index (χ3n) is 4.98. The van der Waals surface area contributed by atoms with Crippen LogP contribution in [0, 0.1) is 0 Å². The van der Waals surface area contributed by atoms with E-state index in [1.54, 1.807) is 7.11 Å². The van der Waals surface area contributed by atoms with Crippen molar-refractivity contribution in [2.24, 2.45) is 7.05 Å². The van der Waals surface area contributed by atoms with Gasteiger partial charge in [0, 0.05) is 19.7 Å². The van der Waals surface area contributed by atoms with Gasteiger partial charge in [0.15, 0.2) is 0 Å². The Labute approximate surface area is 158 Å². The van der Waals surface area contributed by atoms with Gasteiger partial charge in [0.25, 0.3) is 11.5 Å². The van der Waals surface area contributed by atoms with E-state index in [2.05, 4.69) is 27.4 Å². The fourth-order valence-electron chi connectivity index (χ4n) is 3.42. The van der Waals surface area contributed by atoms with Crippen molar-refractivity contribution in [2.75, 3.05) is 26.7 Å². The predicted octanol–water partition coefficient (Wildman–Crippen LogP) is 1.75. The Hall–Kier alpha value is -2.67. The minimum absolute atomic E-state index is 0.0905. The van der Waals surface area contributed by atoms with Crippen molar-refractivity contribution >= 4 is 5.91 Å². The van der Waals surface area contributed by atoms with Crippen molar-refractivity contribution in [1.82, 2.24) is 20.0 Å². The lowest BCUT2D eigenvalue weighted by molar-refractivity contribution is 0.0917. The number of hydrogen-bond acceptors (Lipinski definition) is 5. The number of likely N-dealkylation sites (tertiary alicyclic amines) is 1. The van der Waals surface area contributed by atoms with Crippen molar-refractivity contribution in [3.63, 3.8) is 0 Å². The molecule has 1 aromatic heterocycles. The standard InChI is InChI=1S/C20H26N4O3/c1-23-19(25)11-10-17(22-23)20(26)21-14-18(24-12-4-3-5-13-24)15-6-8-16(27-2)9-7-15/h6-11,18H,3-5,12-14H2,1-2H3,(H,21,26). The molecule has 0 saturated carbocycles. The average molecular weight is 370 g/mol. The smallest absolute Gasteiger partial charge is 0.271 e. The van der Waals surface area contributed by atoms with Crippen LogP contribution in [0.3, 0.4) is 0 Å². The molecule has 1 saturated heterocycles. The molecule has 3 rings (SSSR count). The SMILES string of the molecule is COc1ccc(C(CNC(=O)c2ccc(=O)n(C)n2)N2CCCCC2)cc1. The third-order valence-corrected chi connectivity index (χ3v) is 4.98. The number of piperidine rings is 1. The van der Waals surface area contributed by atoms with Crippen LogP contribution in [-0.2, 0) is 7.05 Å². The molecule has 7 nitrogen and oxygen atoms in total. The molecule has 1 amide bonds. The second kappa shape index (κ2) is 8.81. The third kappa shape index (κ3) is 4.74. The van der Waals surface area contributed by atoms with Gasteiger partial charge in [0.1, 0.15) is 11.4 Å². The van der Waals surface area contributed by atoms with Crippen LogP contribution in [-0.4, -0.2) is 47.3 Å². The highest BCUT2D eigenvalue weighted by Gasteiger charge is 2.23. The Balaban J connectivity index is 1.74. The number of aryl methyl sites for hydroxylation is 1. The Bertz CT molecular complexity index is 826. The van der Waals surface area contributed by atoms with Gasteiger partial charge in [-0.25, -0.2) is 4.68 Å². The van der Waals surface area contributed by atoms with Gasteiger partial charge in [-0.2, -0.15) is 5.10 Å². The minimum atomic E-state index is -0.277. The summed E-state index contributed by atoms with van der Waals surface area (Å²) >= 11 is 0. The Kier molecular flexibility index (Phi) is 6.24. The van der Waals surface area contributed by atoms with Gasteiger partial charge in [-0.3, -0.25) is 14.5 Å². The number of hydrogen-bond donors (Lipinski definition) is 1. The lowest BCUT2D eigenvalue weighted by Gasteiger charge is -2.35. The molecule has 144 valence electrons. The number of amides is 1. The molecule has 1 atom stereocenters. The quantitative estimate of drug-likeness (QED) is 0.838. The summed E-state index contributed by atoms with van der Waals surface area (Å²) in [5, 5.41) is 7.00. The number of aromatic nitrogens is 2. The van der Waals surface area contributed by atoms with E-state index in [-0.39, 0.29) is 23.2 Å². The molecule has 1 unspecified atom stereocenters. The maximum atomic E-state index is 12.5. The highest BCUT2D eigenvalue weighted by Crippen LogP contribution is 2.25. The maximum Gasteiger partial charge on any atom is 0.271 e. The van der Waals surface area contributed by atoms with Gasteiger partial charge in [0.05, 0.1) is 13.2 Å². The molecule has 2 heterocycles. The van der Waals surface area contributed by atoms with Crippen LogP contribution in [0.1, 0.15) is 41.4 Å². The highest BCUT2D eigenvalue weighted by atomic mass is 16.5. The van der Waals surface area contributed by atoms with E-state index in [0.717, 1.165) is 24.4 Å². The van der Waals surface area contributed by atoms with Crippen molar-refractivity contribution in [1.29, 1.82) is 0 Å². The number of nitrogens with zero attached hydrogens (tertiary/aromatic N) is 3. The first kappa shape index (κ1) is 19.1. The van der Waals surface area contributed by atoms with E-state index in [9.17, 15) is 9.59 Å². The number of rotatable bonds is 6. The van der Waals surface area contributed by atoms with Crippen molar-refractivity contribution < 1.29 is 9.53 Å². The Morgan fingerprint density at radius 2 is 1.85 bits per heavy atom. The summed E-state index contributed by atoms with van der Waals surface area (Å²) < 4.78 is 6.42. The van der Waals surface area contributed by atoms with Gasteiger partial charge in [-0.05, 0) is 49.7 Å². The molecule has 0 bridgehead atoms. The summed E-state index contributed by atoms with van der Waals surface area (Å²) in [6.45, 7) is 2.52. The Morgan fingerprint density at radius 3 is 2.48 bits per heavy atom. The molecule has 2 aromatic rings. The monoisotopic (exact) mass is 370 g/mol. The number of benzene rings is 1. The van der Waals surface area contributed by atoms with Gasteiger partial charge in [-0.1, -0.05) is 18.6 Å². The highest BCUT2D eigenvalue weighted by molar-refractivity contribution is 5.92. The molecule has 0 radical (unpaired) electrons. The topological polar surface area (TPSA) is 76.5 Å². The molecule has 1 aliphatic rings. The lowest BCUT2D eigenvalue weighted by Crippen LogP contribution is -2.41. The van der Waals surface area contributed by atoms with Gasteiger partial charge >= 0.3 is 0 Å². The number of ether oxygens (including phenoxy) is 1. The second-order valence-electron chi connectivity index (χ2n) is 6.78. The zero-order valence-electron chi connectivity index (χ0n) is 15.9. The summed E-state index contributed by atoms with van der Waals surface area (Å²) in [6.07, 6.45) is 3.59. The molecule has 7 heteroatoms. The maximum absolute atomic E-state index is 12.5. The lowest BCUT2D eigenvalue weighted by atomic mass is 10.0. The fourth-order valence-corrected chi connectivity index (χ4v) is 3.42. The summed E-state index contributed by atoms with van der Waals surface area (Å²) in [4.78, 5) is 26.4. The molecule has 1 fully saturated rings. The van der Waals surface area contributed by atoms with Gasteiger partial charge in [-0.15, -0.1) is 0 Å². The molecule has 1 aliphatic heterocycles. The summed E-state index contributed by atoms with van der Waals surface area (Å²) in [5.74, 6) is 0.538. The fraction of sp³-hybridized carbons (Fsp3) is 0.450. The largest absolute Gasteiger partial charge is 0.497 e. The van der Waals surface area contributed by atoms with Crippen molar-refractivity contribution in [3.05, 3.63) is 58.0 Å². The van der Waals surface area contributed by atoms with Gasteiger partial charge in [0.2, 0.25) is 0 Å². The molecule has 1 aromatic carbocycles. The molecular weight excluding hydrogens is 344 g/mol. The zero-order chi connectivity index (χ0) is 19.2. The number of carbonyl (C=O) groups is 1. The molecular formula is C20H26N4O3. The Morgan fingerprint density at radius 1 is 1.15 bits per heavy atom. The minimum Gasteiger partial charge on any atom is -0.497 e. The van der Waals surface area contributed by atoms with Crippen LogP contribution in [0.2, 0.25) is 0 Å². The van der Waals surface area contributed by atoms with E-state index in [1.807, 2.05) is 12.1 Å². The predicted molar refractivity (Wildman–Crippen MR) is 103 cm³/mol. The summed E-state index contributed by atoms with van der Waals surface area (Å²) in [7, 11) is 3.19. The second-order valence-corrected chi connectivity index (χ2v) is 6.78. The first-order valence-electron chi connectivity index (χ1n) is 9.29. The van der Waals surface area contributed by atoms with Crippen LogP contribution in [0.25, 0.3) is 0 Å². The van der Waals surface area contributed by atoms with Crippen LogP contribution in [0.4, 0.5) is 0 Å². The van der Waals surface area contributed by atoms with Crippen LogP contribution < -0.4 is 15.6 Å². The van der Waals surface area contributed by atoms with E-state index in [4.69, 9.17) is 4.74 Å². The first-order chi connectivity index (χ1) is 13.1. The van der Waals surface area contributed by atoms with E-state index < -0.39 is 0 Å². The van der Waals surface area contributed by atoms with E-state index in [0.29, 0.717) is 6.54 Å². The number of methoxy groups -OCH3 is 1. The van der Waals surface area contributed by atoms with Crippen LogP contribution >= 0.6 is 0 Å². The van der Waals surface area contributed by atoms with Crippen molar-refractivity contribution in [3.8, 4) is 5.75 Å². The normalized spacial score (nSPS) is 15.9. The number of carbonyl (C=O) groups excluding carboxylic acids is 1. The molecule has 0 spiro atoms. The van der Waals surface area contributed by atoms with E-state index >= 15 is 0 Å². The summed E-state index contributed by atoms with van der Waals surface area (Å²) in [6, 6.07) is 10.9. The van der Waals surface area contributed by atoms with E-state index in [1.165, 1.54) is 43.1 Å². The summed E-state index contributed by atoms with van der Waals surface area (Å²) in [5.41, 5.74) is 1.15. The van der Waals surface area contributed by atoms with Crippen molar-refractivity contribution in [2.45, 2.75) is 25.3 Å². The molecule has 0 aliphatic carbocycles. The van der Waals surface area contributed by atoms with Crippen LogP contribution in [0.5, 0.6) is 5.75 Å². The molecule has 1 N–H and O–H groups in total. The average Bonchev–Trinajstić information content (AvgIpc) is 2.71. The first-order valence-corrected chi connectivity index (χ1v) is 9.29. The van der Waals surface area contributed by atoms with Crippen LogP contribution in [0.15, 0.2) is 41.2 Å². The zero-order valence-corrected chi connectivity index (χ0v) is 15.9.